The average molecular weight is 460 g/mol. The number of ether oxygens (including phenoxy) is 2. The van der Waals surface area contributed by atoms with E-state index in [1.807, 2.05) is 0 Å². The van der Waals surface area contributed by atoms with Gasteiger partial charge in [0.15, 0.2) is 5.76 Å². The zero-order valence-corrected chi connectivity index (χ0v) is 15.9. The number of carbonyl (C=O) groups excluding carboxylic acids is 1. The number of aliphatic hydroxyl groups excluding tert-OH is 1. The lowest BCUT2D eigenvalue weighted by molar-refractivity contribution is -0.138. The summed E-state index contributed by atoms with van der Waals surface area (Å²) in [6.45, 7) is -1.60. The van der Waals surface area contributed by atoms with Crippen molar-refractivity contribution in [3.05, 3.63) is 58.1 Å². The molecule has 1 aromatic carbocycles. The summed E-state index contributed by atoms with van der Waals surface area (Å²) in [6, 6.07) is 6.25. The first-order valence-corrected chi connectivity index (χ1v) is 8.50. The number of aliphatic hydroxyl groups is 1. The molecule has 2 aromatic rings. The number of halogens is 4. The van der Waals surface area contributed by atoms with E-state index in [2.05, 4.69) is 35.9 Å². The van der Waals surface area contributed by atoms with Crippen molar-refractivity contribution in [2.75, 3.05) is 6.61 Å². The molecule has 0 aliphatic carbocycles. The van der Waals surface area contributed by atoms with Gasteiger partial charge >= 0.3 is 12.6 Å². The predicted molar refractivity (Wildman–Crippen MR) is 95.7 cm³/mol. The Kier molecular flexibility index (Phi) is 7.50. The van der Waals surface area contributed by atoms with Crippen LogP contribution in [0.5, 0.6) is 5.88 Å². The maximum absolute atomic E-state index is 14.1. The topological polar surface area (TPSA) is 93.4 Å². The van der Waals surface area contributed by atoms with Gasteiger partial charge in [0, 0.05) is 16.7 Å². The van der Waals surface area contributed by atoms with Crippen molar-refractivity contribution in [2.24, 2.45) is 10.2 Å². The highest BCUT2D eigenvalue weighted by atomic mass is 79.9. The number of aromatic nitrogens is 1. The maximum Gasteiger partial charge on any atom is 0.388 e. The summed E-state index contributed by atoms with van der Waals surface area (Å²) >= 11 is 3.08. The molecule has 11 heteroatoms. The monoisotopic (exact) mass is 459 g/mol. The van der Waals surface area contributed by atoms with Gasteiger partial charge in [-0.05, 0) is 41.1 Å². The lowest BCUT2D eigenvalue weighted by Crippen LogP contribution is -2.09. The van der Waals surface area contributed by atoms with Crippen LogP contribution in [0.15, 0.2) is 56.9 Å². The molecule has 0 atom stereocenters. The Labute approximate surface area is 165 Å². The minimum atomic E-state index is -3.09. The van der Waals surface area contributed by atoms with Crippen LogP contribution in [0.1, 0.15) is 12.5 Å². The van der Waals surface area contributed by atoms with Gasteiger partial charge in [0.25, 0.3) is 0 Å². The fourth-order valence-electron chi connectivity index (χ4n) is 1.95. The van der Waals surface area contributed by atoms with Gasteiger partial charge in [0.05, 0.1) is 17.9 Å². The molecule has 0 saturated carbocycles. The number of rotatable bonds is 7. The predicted octanol–water partition coefficient (Wildman–Crippen LogP) is 5.16. The van der Waals surface area contributed by atoms with Crippen molar-refractivity contribution < 1.29 is 32.5 Å². The summed E-state index contributed by atoms with van der Waals surface area (Å²) in [4.78, 5) is 15.7. The Balaban J connectivity index is 2.47. The Morgan fingerprint density at radius 1 is 1.36 bits per heavy atom. The quantitative estimate of drug-likeness (QED) is 0.267. The summed E-state index contributed by atoms with van der Waals surface area (Å²) in [5.74, 6) is -3.11. The van der Waals surface area contributed by atoms with E-state index in [-0.39, 0.29) is 22.3 Å². The third-order valence-electron chi connectivity index (χ3n) is 3.09. The molecule has 7 nitrogen and oxygen atoms in total. The number of carbonyl (C=O) groups is 1. The molecule has 0 aliphatic heterocycles. The second-order valence-corrected chi connectivity index (χ2v) is 5.80. The van der Waals surface area contributed by atoms with Crippen LogP contribution in [-0.2, 0) is 9.53 Å². The molecule has 0 radical (unpaired) electrons. The van der Waals surface area contributed by atoms with Crippen LogP contribution in [0, 0.1) is 5.82 Å². The van der Waals surface area contributed by atoms with Crippen molar-refractivity contribution in [1.29, 1.82) is 0 Å². The molecule has 0 aliphatic rings. The third kappa shape index (κ3) is 5.52. The first-order valence-electron chi connectivity index (χ1n) is 7.70. The normalized spacial score (nSPS) is 12.2. The summed E-state index contributed by atoms with van der Waals surface area (Å²) in [5, 5.41) is 17.7. The molecule has 1 heterocycles. The molecule has 2 rings (SSSR count). The highest BCUT2D eigenvalue weighted by molar-refractivity contribution is 9.10. The highest BCUT2D eigenvalue weighted by Crippen LogP contribution is 2.29. The van der Waals surface area contributed by atoms with Crippen molar-refractivity contribution >= 4 is 33.3 Å². The number of hydrogen-bond donors (Lipinski definition) is 1. The van der Waals surface area contributed by atoms with E-state index in [1.54, 1.807) is 0 Å². The lowest BCUT2D eigenvalue weighted by atomic mass is 10.1. The number of azo groups is 1. The average Bonchev–Trinajstić information content (AvgIpc) is 2.61. The largest absolute Gasteiger partial charge is 0.505 e. The highest BCUT2D eigenvalue weighted by Gasteiger charge is 2.22. The summed E-state index contributed by atoms with van der Waals surface area (Å²) in [5.41, 5.74) is -1.01. The first-order chi connectivity index (χ1) is 13.3. The summed E-state index contributed by atoms with van der Waals surface area (Å²) < 4.78 is 47.8. The number of alkyl halides is 2. The van der Waals surface area contributed by atoms with Gasteiger partial charge in [-0.25, -0.2) is 14.2 Å². The SMILES string of the molecule is CCOC(=O)/C(N=Nc1ccnc(OC(F)F)c1)=C(\O)c1c(F)cccc1Br. The molecular weight excluding hydrogens is 447 g/mol. The van der Waals surface area contributed by atoms with Gasteiger partial charge in [0.2, 0.25) is 11.6 Å². The van der Waals surface area contributed by atoms with Crippen molar-refractivity contribution in [3.8, 4) is 5.88 Å². The molecule has 0 bridgehead atoms. The summed E-state index contributed by atoms with van der Waals surface area (Å²) in [7, 11) is 0. The van der Waals surface area contributed by atoms with Crippen LogP contribution in [-0.4, -0.2) is 29.3 Å². The molecule has 28 heavy (non-hydrogen) atoms. The number of pyridine rings is 1. The van der Waals surface area contributed by atoms with Crippen molar-refractivity contribution in [1.82, 2.24) is 4.98 Å². The standard InChI is InChI=1S/C17H13BrF3N3O4/c1-2-27-16(26)14(15(25)13-10(18)4-3-5-11(13)19)24-23-9-6-7-22-12(8-9)28-17(20)21/h3-8,17,25H,2H2,1H3/b15-14+,24-23?. The van der Waals surface area contributed by atoms with Crippen molar-refractivity contribution in [2.45, 2.75) is 13.5 Å². The van der Waals surface area contributed by atoms with E-state index in [0.29, 0.717) is 0 Å². The molecule has 0 unspecified atom stereocenters. The van der Waals surface area contributed by atoms with Gasteiger partial charge in [0.1, 0.15) is 5.82 Å². The smallest absolute Gasteiger partial charge is 0.388 e. The van der Waals surface area contributed by atoms with Crippen LogP contribution < -0.4 is 4.74 Å². The van der Waals surface area contributed by atoms with E-state index < -0.39 is 35.7 Å². The Morgan fingerprint density at radius 2 is 2.11 bits per heavy atom. The fraction of sp³-hybridized carbons (Fsp3) is 0.176. The van der Waals surface area contributed by atoms with E-state index in [0.717, 1.165) is 18.3 Å². The molecular formula is C17H13BrF3N3O4. The van der Waals surface area contributed by atoms with Gasteiger partial charge in [-0.15, -0.1) is 10.2 Å². The number of hydrogen-bond acceptors (Lipinski definition) is 7. The van der Waals surface area contributed by atoms with Crippen molar-refractivity contribution in [3.63, 3.8) is 0 Å². The van der Waals surface area contributed by atoms with Crippen LogP contribution in [0.25, 0.3) is 5.76 Å². The second kappa shape index (κ2) is 9.83. The lowest BCUT2D eigenvalue weighted by Gasteiger charge is -2.08. The van der Waals surface area contributed by atoms with Gasteiger partial charge in [-0.3, -0.25) is 0 Å². The van der Waals surface area contributed by atoms with E-state index in [1.165, 1.54) is 25.1 Å². The molecule has 1 aromatic heterocycles. The van der Waals surface area contributed by atoms with E-state index in [9.17, 15) is 23.1 Å². The molecule has 0 amide bonds. The van der Waals surface area contributed by atoms with Crippen LogP contribution in [0.2, 0.25) is 0 Å². The third-order valence-corrected chi connectivity index (χ3v) is 3.75. The first kappa shape index (κ1) is 21.4. The number of nitrogens with zero attached hydrogens (tertiary/aromatic N) is 3. The second-order valence-electron chi connectivity index (χ2n) is 4.95. The Morgan fingerprint density at radius 3 is 2.75 bits per heavy atom. The zero-order chi connectivity index (χ0) is 20.7. The molecule has 1 N–H and O–H groups in total. The maximum atomic E-state index is 14.1. The number of benzene rings is 1. The van der Waals surface area contributed by atoms with Gasteiger partial charge in [-0.2, -0.15) is 8.78 Å². The van der Waals surface area contributed by atoms with Gasteiger partial charge in [-0.1, -0.05) is 6.07 Å². The zero-order valence-electron chi connectivity index (χ0n) is 14.3. The summed E-state index contributed by atoms with van der Waals surface area (Å²) in [6.07, 6.45) is 1.13. The molecule has 0 spiro atoms. The van der Waals surface area contributed by atoms with Crippen LogP contribution in [0.4, 0.5) is 18.9 Å². The Bertz CT molecular complexity index is 902. The van der Waals surface area contributed by atoms with E-state index in [4.69, 9.17) is 4.74 Å². The van der Waals surface area contributed by atoms with Gasteiger partial charge < -0.3 is 14.6 Å². The fourth-order valence-corrected chi connectivity index (χ4v) is 2.48. The molecule has 0 fully saturated rings. The minimum absolute atomic E-state index is 0.00662. The van der Waals surface area contributed by atoms with Crippen LogP contribution >= 0.6 is 15.9 Å². The minimum Gasteiger partial charge on any atom is -0.505 e. The van der Waals surface area contributed by atoms with Crippen LogP contribution in [0.3, 0.4) is 0 Å². The van der Waals surface area contributed by atoms with E-state index >= 15 is 0 Å². The molecule has 148 valence electrons. The number of esters is 1. The Hall–Kier alpha value is -2.95. The molecule has 0 saturated heterocycles.